The SMILES string of the molecule is COCc1ccccc1C(O)c1cc(C)c(C)cc1C. The van der Waals surface area contributed by atoms with Crippen LogP contribution in [-0.4, -0.2) is 12.2 Å². The van der Waals surface area contributed by atoms with Crippen LogP contribution in [0.2, 0.25) is 0 Å². The number of benzene rings is 2. The fourth-order valence-corrected chi connectivity index (χ4v) is 2.53. The van der Waals surface area contributed by atoms with Gasteiger partial charge in [-0.3, -0.25) is 0 Å². The van der Waals surface area contributed by atoms with E-state index < -0.39 is 6.10 Å². The third-order valence-corrected chi connectivity index (χ3v) is 3.83. The molecule has 1 N–H and O–H groups in total. The van der Waals surface area contributed by atoms with Crippen LogP contribution in [0.5, 0.6) is 0 Å². The lowest BCUT2D eigenvalue weighted by Gasteiger charge is -2.19. The van der Waals surface area contributed by atoms with Crippen molar-refractivity contribution in [2.45, 2.75) is 33.5 Å². The van der Waals surface area contributed by atoms with E-state index in [1.54, 1.807) is 7.11 Å². The average Bonchev–Trinajstić information content (AvgIpc) is 2.43. The van der Waals surface area contributed by atoms with Crippen molar-refractivity contribution in [2.75, 3.05) is 7.11 Å². The van der Waals surface area contributed by atoms with Gasteiger partial charge in [0.1, 0.15) is 6.10 Å². The topological polar surface area (TPSA) is 29.5 Å². The summed E-state index contributed by atoms with van der Waals surface area (Å²) in [6.45, 7) is 6.73. The van der Waals surface area contributed by atoms with E-state index in [2.05, 4.69) is 26.0 Å². The molecule has 0 aromatic heterocycles. The smallest absolute Gasteiger partial charge is 0.105 e. The molecule has 0 amide bonds. The minimum Gasteiger partial charge on any atom is -0.384 e. The fourth-order valence-electron chi connectivity index (χ4n) is 2.53. The molecule has 2 heteroatoms. The van der Waals surface area contributed by atoms with Crippen molar-refractivity contribution in [1.29, 1.82) is 0 Å². The first-order valence-electron chi connectivity index (χ1n) is 6.87. The molecule has 1 unspecified atom stereocenters. The largest absolute Gasteiger partial charge is 0.384 e. The summed E-state index contributed by atoms with van der Waals surface area (Å²) in [5.41, 5.74) is 6.49. The highest BCUT2D eigenvalue weighted by Gasteiger charge is 2.16. The molecule has 0 fully saturated rings. The minimum atomic E-state index is -0.611. The quantitative estimate of drug-likeness (QED) is 0.914. The average molecular weight is 270 g/mol. The van der Waals surface area contributed by atoms with Crippen molar-refractivity contribution in [1.82, 2.24) is 0 Å². The van der Waals surface area contributed by atoms with E-state index in [0.717, 1.165) is 22.3 Å². The highest BCUT2D eigenvalue weighted by atomic mass is 16.5. The summed E-state index contributed by atoms with van der Waals surface area (Å²) >= 11 is 0. The van der Waals surface area contributed by atoms with Gasteiger partial charge in [-0.2, -0.15) is 0 Å². The van der Waals surface area contributed by atoms with Crippen LogP contribution in [0, 0.1) is 20.8 Å². The summed E-state index contributed by atoms with van der Waals surface area (Å²) in [5, 5.41) is 10.7. The van der Waals surface area contributed by atoms with Crippen LogP contribution in [0.15, 0.2) is 36.4 Å². The van der Waals surface area contributed by atoms with Gasteiger partial charge in [-0.25, -0.2) is 0 Å². The summed E-state index contributed by atoms with van der Waals surface area (Å²) < 4.78 is 5.22. The van der Waals surface area contributed by atoms with Gasteiger partial charge < -0.3 is 9.84 Å². The molecule has 0 bridgehead atoms. The van der Waals surface area contributed by atoms with E-state index in [0.29, 0.717) is 6.61 Å². The summed E-state index contributed by atoms with van der Waals surface area (Å²) in [6, 6.07) is 12.1. The van der Waals surface area contributed by atoms with Gasteiger partial charge in [-0.05, 0) is 54.2 Å². The number of rotatable bonds is 4. The zero-order chi connectivity index (χ0) is 14.7. The zero-order valence-corrected chi connectivity index (χ0v) is 12.6. The second kappa shape index (κ2) is 6.21. The summed E-state index contributed by atoms with van der Waals surface area (Å²) in [6.07, 6.45) is -0.611. The standard InChI is InChI=1S/C18H22O2/c1-12-9-14(3)17(10-13(12)2)18(19)16-8-6-5-7-15(16)11-20-4/h5-10,18-19H,11H2,1-4H3. The first-order valence-corrected chi connectivity index (χ1v) is 6.87. The maximum absolute atomic E-state index is 10.7. The Balaban J connectivity index is 2.46. The molecular formula is C18H22O2. The fraction of sp³-hybridized carbons (Fsp3) is 0.333. The summed E-state index contributed by atoms with van der Waals surface area (Å²) in [7, 11) is 1.67. The van der Waals surface area contributed by atoms with Crippen LogP contribution in [0.1, 0.15) is 39.5 Å². The summed E-state index contributed by atoms with van der Waals surface area (Å²) in [4.78, 5) is 0. The van der Waals surface area contributed by atoms with Crippen molar-refractivity contribution in [2.24, 2.45) is 0 Å². The van der Waals surface area contributed by atoms with E-state index in [1.165, 1.54) is 11.1 Å². The third-order valence-electron chi connectivity index (χ3n) is 3.83. The zero-order valence-electron chi connectivity index (χ0n) is 12.6. The highest BCUT2D eigenvalue weighted by Crippen LogP contribution is 2.29. The molecule has 2 aromatic carbocycles. The maximum Gasteiger partial charge on any atom is 0.105 e. The molecule has 0 spiro atoms. The first kappa shape index (κ1) is 14.8. The van der Waals surface area contributed by atoms with Gasteiger partial charge in [0.2, 0.25) is 0 Å². The molecule has 1 atom stereocenters. The normalized spacial score (nSPS) is 12.4. The number of hydrogen-bond donors (Lipinski definition) is 1. The van der Waals surface area contributed by atoms with Crippen molar-refractivity contribution in [3.8, 4) is 0 Å². The number of ether oxygens (including phenoxy) is 1. The van der Waals surface area contributed by atoms with E-state index in [4.69, 9.17) is 4.74 Å². The van der Waals surface area contributed by atoms with E-state index in [1.807, 2.05) is 31.2 Å². The first-order chi connectivity index (χ1) is 9.54. The van der Waals surface area contributed by atoms with Crippen molar-refractivity contribution in [3.63, 3.8) is 0 Å². The van der Waals surface area contributed by atoms with Crippen LogP contribution in [0.25, 0.3) is 0 Å². The Labute approximate surface area is 121 Å². The number of methoxy groups -OCH3 is 1. The molecule has 0 saturated heterocycles. The second-order valence-electron chi connectivity index (χ2n) is 5.33. The van der Waals surface area contributed by atoms with E-state index in [9.17, 15) is 5.11 Å². The minimum absolute atomic E-state index is 0.511. The lowest BCUT2D eigenvalue weighted by atomic mass is 9.91. The van der Waals surface area contributed by atoms with Crippen LogP contribution >= 0.6 is 0 Å². The molecule has 0 aliphatic carbocycles. The molecule has 20 heavy (non-hydrogen) atoms. The van der Waals surface area contributed by atoms with E-state index in [-0.39, 0.29) is 0 Å². The molecule has 0 radical (unpaired) electrons. The maximum atomic E-state index is 10.7. The van der Waals surface area contributed by atoms with Gasteiger partial charge in [0.05, 0.1) is 6.61 Å². The summed E-state index contributed by atoms with van der Waals surface area (Å²) in [5.74, 6) is 0. The molecular weight excluding hydrogens is 248 g/mol. The van der Waals surface area contributed by atoms with Gasteiger partial charge in [0.25, 0.3) is 0 Å². The van der Waals surface area contributed by atoms with Crippen LogP contribution in [-0.2, 0) is 11.3 Å². The highest BCUT2D eigenvalue weighted by molar-refractivity contribution is 5.43. The number of hydrogen-bond acceptors (Lipinski definition) is 2. The van der Waals surface area contributed by atoms with Gasteiger partial charge in [0.15, 0.2) is 0 Å². The molecule has 2 rings (SSSR count). The van der Waals surface area contributed by atoms with Crippen LogP contribution in [0.4, 0.5) is 0 Å². The number of aliphatic hydroxyl groups excluding tert-OH is 1. The molecule has 0 aliphatic rings. The Morgan fingerprint density at radius 1 is 0.950 bits per heavy atom. The Bertz CT molecular complexity index is 602. The third kappa shape index (κ3) is 2.92. The Kier molecular flexibility index (Phi) is 4.58. The molecule has 0 heterocycles. The Morgan fingerprint density at radius 2 is 1.60 bits per heavy atom. The van der Waals surface area contributed by atoms with Gasteiger partial charge in [-0.15, -0.1) is 0 Å². The predicted octanol–water partition coefficient (Wildman–Crippen LogP) is 3.84. The molecule has 106 valence electrons. The van der Waals surface area contributed by atoms with Crippen molar-refractivity contribution >= 4 is 0 Å². The van der Waals surface area contributed by atoms with Crippen molar-refractivity contribution < 1.29 is 9.84 Å². The lowest BCUT2D eigenvalue weighted by molar-refractivity contribution is 0.176. The molecule has 2 nitrogen and oxygen atoms in total. The van der Waals surface area contributed by atoms with E-state index >= 15 is 0 Å². The van der Waals surface area contributed by atoms with Gasteiger partial charge >= 0.3 is 0 Å². The molecule has 0 saturated carbocycles. The lowest BCUT2D eigenvalue weighted by Crippen LogP contribution is -2.07. The predicted molar refractivity (Wildman–Crippen MR) is 81.9 cm³/mol. The van der Waals surface area contributed by atoms with Crippen LogP contribution < -0.4 is 0 Å². The van der Waals surface area contributed by atoms with Gasteiger partial charge in [-0.1, -0.05) is 36.4 Å². The Hall–Kier alpha value is -1.64. The Morgan fingerprint density at radius 3 is 2.30 bits per heavy atom. The number of aliphatic hydroxyl groups is 1. The molecule has 0 aliphatic heterocycles. The van der Waals surface area contributed by atoms with Gasteiger partial charge in [0, 0.05) is 7.11 Å². The molecule has 2 aromatic rings. The van der Waals surface area contributed by atoms with Crippen molar-refractivity contribution in [3.05, 3.63) is 69.8 Å². The second-order valence-corrected chi connectivity index (χ2v) is 5.33. The number of aryl methyl sites for hydroxylation is 3. The van der Waals surface area contributed by atoms with Crippen LogP contribution in [0.3, 0.4) is 0 Å². The monoisotopic (exact) mass is 270 g/mol.